The summed E-state index contributed by atoms with van der Waals surface area (Å²) in [6.45, 7) is 2.65. The Morgan fingerprint density at radius 3 is 2.62 bits per heavy atom. The van der Waals surface area contributed by atoms with Crippen molar-refractivity contribution < 1.29 is 4.74 Å². The van der Waals surface area contributed by atoms with Crippen molar-refractivity contribution in [2.45, 2.75) is 6.92 Å². The van der Waals surface area contributed by atoms with Gasteiger partial charge < -0.3 is 4.74 Å². The van der Waals surface area contributed by atoms with Gasteiger partial charge in [0.2, 0.25) is 0 Å². The first-order chi connectivity index (χ1) is 7.81. The molecule has 2 aromatic carbocycles. The molecule has 2 aromatic rings. The van der Waals surface area contributed by atoms with Gasteiger partial charge in [-0.1, -0.05) is 41.9 Å². The van der Waals surface area contributed by atoms with Gasteiger partial charge in [0.05, 0.1) is 6.61 Å². The Labute approximate surface area is 101 Å². The van der Waals surface area contributed by atoms with E-state index in [1.54, 1.807) is 0 Å². The highest BCUT2D eigenvalue weighted by atomic mass is 35.5. The van der Waals surface area contributed by atoms with E-state index in [1.165, 1.54) is 0 Å². The van der Waals surface area contributed by atoms with E-state index in [4.69, 9.17) is 16.3 Å². The second-order valence-electron chi connectivity index (χ2n) is 3.44. The van der Waals surface area contributed by atoms with Crippen molar-refractivity contribution >= 4 is 11.6 Å². The number of halogens is 1. The maximum Gasteiger partial charge on any atom is 0.127 e. The minimum absolute atomic E-state index is 0.664. The third-order valence-electron chi connectivity index (χ3n) is 2.32. The van der Waals surface area contributed by atoms with Gasteiger partial charge in [-0.2, -0.15) is 0 Å². The second kappa shape index (κ2) is 5.04. The summed E-state index contributed by atoms with van der Waals surface area (Å²) in [5, 5.41) is 0.740. The van der Waals surface area contributed by atoms with Gasteiger partial charge >= 0.3 is 0 Å². The molecule has 82 valence electrons. The summed E-state index contributed by atoms with van der Waals surface area (Å²) in [6, 6.07) is 15.8. The summed E-state index contributed by atoms with van der Waals surface area (Å²) in [4.78, 5) is 0. The average Bonchev–Trinajstić information content (AvgIpc) is 2.30. The molecule has 2 rings (SSSR count). The highest BCUT2D eigenvalue weighted by Gasteiger charge is 2.04. The Kier molecular flexibility index (Phi) is 3.47. The molecular weight excluding hydrogens is 220 g/mol. The van der Waals surface area contributed by atoms with E-state index < -0.39 is 0 Å². The highest BCUT2D eigenvalue weighted by molar-refractivity contribution is 6.30. The van der Waals surface area contributed by atoms with Crippen LogP contribution in [0.5, 0.6) is 5.75 Å². The predicted octanol–water partition coefficient (Wildman–Crippen LogP) is 4.41. The first-order valence-electron chi connectivity index (χ1n) is 5.29. The van der Waals surface area contributed by atoms with E-state index in [0.717, 1.165) is 21.9 Å². The monoisotopic (exact) mass is 232 g/mol. The molecule has 0 fully saturated rings. The summed E-state index contributed by atoms with van der Waals surface area (Å²) >= 11 is 5.98. The topological polar surface area (TPSA) is 9.23 Å². The smallest absolute Gasteiger partial charge is 0.127 e. The number of hydrogen-bond acceptors (Lipinski definition) is 1. The van der Waals surface area contributed by atoms with Crippen molar-refractivity contribution in [3.63, 3.8) is 0 Å². The zero-order chi connectivity index (χ0) is 11.4. The Morgan fingerprint density at radius 2 is 1.88 bits per heavy atom. The third-order valence-corrected chi connectivity index (χ3v) is 2.56. The van der Waals surface area contributed by atoms with E-state index in [2.05, 4.69) is 0 Å². The number of para-hydroxylation sites is 1. The number of ether oxygens (including phenoxy) is 1. The van der Waals surface area contributed by atoms with Crippen LogP contribution >= 0.6 is 11.6 Å². The lowest BCUT2D eigenvalue weighted by Gasteiger charge is -2.10. The standard InChI is InChI=1S/C14H13ClO/c1-2-16-14-9-4-3-8-13(14)11-6-5-7-12(15)10-11/h3-10H,2H2,1H3. The molecule has 0 aliphatic heterocycles. The normalized spacial score (nSPS) is 10.1. The van der Waals surface area contributed by atoms with Crippen molar-refractivity contribution in [3.05, 3.63) is 53.6 Å². The van der Waals surface area contributed by atoms with E-state index in [9.17, 15) is 0 Å². The molecular formula is C14H13ClO. The van der Waals surface area contributed by atoms with Gasteiger partial charge in [0.1, 0.15) is 5.75 Å². The van der Waals surface area contributed by atoms with E-state index in [1.807, 2.05) is 55.5 Å². The molecule has 0 unspecified atom stereocenters. The number of benzene rings is 2. The van der Waals surface area contributed by atoms with E-state index >= 15 is 0 Å². The molecule has 2 heteroatoms. The summed E-state index contributed by atoms with van der Waals surface area (Å²) in [7, 11) is 0. The van der Waals surface area contributed by atoms with E-state index in [0.29, 0.717) is 6.61 Å². The molecule has 16 heavy (non-hydrogen) atoms. The highest BCUT2D eigenvalue weighted by Crippen LogP contribution is 2.31. The summed E-state index contributed by atoms with van der Waals surface area (Å²) in [6.07, 6.45) is 0. The van der Waals surface area contributed by atoms with Crippen molar-refractivity contribution in [1.82, 2.24) is 0 Å². The van der Waals surface area contributed by atoms with Crippen molar-refractivity contribution in [3.8, 4) is 16.9 Å². The Bertz CT molecular complexity index is 480. The number of hydrogen-bond donors (Lipinski definition) is 0. The Hall–Kier alpha value is -1.47. The van der Waals surface area contributed by atoms with Crippen molar-refractivity contribution in [1.29, 1.82) is 0 Å². The van der Waals surface area contributed by atoms with Gasteiger partial charge in [0.25, 0.3) is 0 Å². The fraction of sp³-hybridized carbons (Fsp3) is 0.143. The maximum absolute atomic E-state index is 5.98. The zero-order valence-corrected chi connectivity index (χ0v) is 9.87. The molecule has 0 radical (unpaired) electrons. The van der Waals surface area contributed by atoms with Crippen molar-refractivity contribution in [2.24, 2.45) is 0 Å². The van der Waals surface area contributed by atoms with Gasteiger partial charge in [0, 0.05) is 10.6 Å². The first kappa shape index (κ1) is 11.0. The molecule has 0 saturated carbocycles. The molecule has 0 aromatic heterocycles. The minimum Gasteiger partial charge on any atom is -0.493 e. The molecule has 0 aliphatic rings. The molecule has 0 heterocycles. The van der Waals surface area contributed by atoms with Crippen LogP contribution in [0.2, 0.25) is 5.02 Å². The minimum atomic E-state index is 0.664. The van der Waals surface area contributed by atoms with Crippen LogP contribution < -0.4 is 4.74 Å². The predicted molar refractivity (Wildman–Crippen MR) is 68.1 cm³/mol. The molecule has 0 bridgehead atoms. The summed E-state index contributed by atoms with van der Waals surface area (Å²) in [5.74, 6) is 0.896. The summed E-state index contributed by atoms with van der Waals surface area (Å²) in [5.41, 5.74) is 2.16. The van der Waals surface area contributed by atoms with Crippen LogP contribution in [0.3, 0.4) is 0 Å². The largest absolute Gasteiger partial charge is 0.493 e. The lowest BCUT2D eigenvalue weighted by atomic mass is 10.1. The SMILES string of the molecule is CCOc1ccccc1-c1cccc(Cl)c1. The molecule has 0 saturated heterocycles. The molecule has 0 aliphatic carbocycles. The molecule has 1 nitrogen and oxygen atoms in total. The third kappa shape index (κ3) is 2.37. The number of rotatable bonds is 3. The Morgan fingerprint density at radius 1 is 1.06 bits per heavy atom. The molecule has 0 atom stereocenters. The average molecular weight is 233 g/mol. The lowest BCUT2D eigenvalue weighted by Crippen LogP contribution is -1.93. The van der Waals surface area contributed by atoms with Crippen LogP contribution in [0.4, 0.5) is 0 Å². The maximum atomic E-state index is 5.98. The van der Waals surface area contributed by atoms with Crippen LogP contribution in [0.1, 0.15) is 6.92 Å². The van der Waals surface area contributed by atoms with Gasteiger partial charge in [-0.15, -0.1) is 0 Å². The van der Waals surface area contributed by atoms with Crippen LogP contribution in [0.25, 0.3) is 11.1 Å². The van der Waals surface area contributed by atoms with Gasteiger partial charge in [-0.05, 0) is 30.7 Å². The zero-order valence-electron chi connectivity index (χ0n) is 9.11. The van der Waals surface area contributed by atoms with Crippen molar-refractivity contribution in [2.75, 3.05) is 6.61 Å². The van der Waals surface area contributed by atoms with Crippen LogP contribution in [-0.4, -0.2) is 6.61 Å². The summed E-state index contributed by atoms with van der Waals surface area (Å²) < 4.78 is 5.59. The van der Waals surface area contributed by atoms with Gasteiger partial charge in [0.15, 0.2) is 0 Å². The fourth-order valence-corrected chi connectivity index (χ4v) is 1.83. The quantitative estimate of drug-likeness (QED) is 0.762. The van der Waals surface area contributed by atoms with Crippen LogP contribution in [0, 0.1) is 0 Å². The van der Waals surface area contributed by atoms with Crippen LogP contribution in [0.15, 0.2) is 48.5 Å². The van der Waals surface area contributed by atoms with E-state index in [-0.39, 0.29) is 0 Å². The Balaban J connectivity index is 2.46. The molecule has 0 N–H and O–H groups in total. The molecule has 0 amide bonds. The first-order valence-corrected chi connectivity index (χ1v) is 5.67. The van der Waals surface area contributed by atoms with Gasteiger partial charge in [-0.3, -0.25) is 0 Å². The second-order valence-corrected chi connectivity index (χ2v) is 3.88. The van der Waals surface area contributed by atoms with Gasteiger partial charge in [-0.25, -0.2) is 0 Å². The fourth-order valence-electron chi connectivity index (χ4n) is 1.64. The molecule has 0 spiro atoms. The van der Waals surface area contributed by atoms with Crippen LogP contribution in [-0.2, 0) is 0 Å². The lowest BCUT2D eigenvalue weighted by molar-refractivity contribution is 0.341.